The van der Waals surface area contributed by atoms with E-state index in [1.807, 2.05) is 25.1 Å². The molecule has 0 saturated carbocycles. The topological polar surface area (TPSA) is 98.3 Å². The molecule has 0 spiro atoms. The lowest BCUT2D eigenvalue weighted by atomic mass is 9.78. The molecule has 0 bridgehead atoms. The Morgan fingerprint density at radius 1 is 1.19 bits per heavy atom. The van der Waals surface area contributed by atoms with Crippen LogP contribution in [0.1, 0.15) is 34.9 Å². The number of oxime groups is 1. The molecule has 31 heavy (non-hydrogen) atoms. The Balaban J connectivity index is 1.58. The Kier molecular flexibility index (Phi) is 5.07. The standard InChI is InChI=1S/C23H23FN6O/c1-13-22-20(29-23(25)28-13)7-15(8-21(22)30-31-17-11-27-12-17)18-5-4-16(24)9-19(18)14-3-2-6-26-10-14/h2-6,9-10,15,17,27H,7-8,11-12H2,1H3,(H2,25,28,29). The molecular weight excluding hydrogens is 395 g/mol. The van der Waals surface area contributed by atoms with Crippen LogP contribution in [0.15, 0.2) is 47.9 Å². The first kappa shape index (κ1) is 19.6. The summed E-state index contributed by atoms with van der Waals surface area (Å²) >= 11 is 0. The van der Waals surface area contributed by atoms with Gasteiger partial charge in [-0.2, -0.15) is 0 Å². The van der Waals surface area contributed by atoms with Crippen molar-refractivity contribution in [3.05, 3.63) is 71.1 Å². The molecule has 7 nitrogen and oxygen atoms in total. The maximum Gasteiger partial charge on any atom is 0.220 e. The van der Waals surface area contributed by atoms with Crippen molar-refractivity contribution >= 4 is 11.7 Å². The summed E-state index contributed by atoms with van der Waals surface area (Å²) in [7, 11) is 0. The van der Waals surface area contributed by atoms with E-state index in [1.165, 1.54) is 6.07 Å². The molecule has 3 N–H and O–H groups in total. The fourth-order valence-electron chi connectivity index (χ4n) is 4.25. The van der Waals surface area contributed by atoms with Crippen molar-refractivity contribution < 1.29 is 9.23 Å². The molecule has 1 aliphatic carbocycles. The molecule has 5 rings (SSSR count). The van der Waals surface area contributed by atoms with E-state index in [0.717, 1.165) is 52.4 Å². The summed E-state index contributed by atoms with van der Waals surface area (Å²) in [5.41, 5.74) is 12.0. The molecule has 3 heterocycles. The van der Waals surface area contributed by atoms with Crippen molar-refractivity contribution in [2.45, 2.75) is 31.8 Å². The number of nitrogens with zero attached hydrogens (tertiary/aromatic N) is 4. The number of rotatable bonds is 4. The highest BCUT2D eigenvalue weighted by molar-refractivity contribution is 6.03. The van der Waals surface area contributed by atoms with Gasteiger partial charge >= 0.3 is 0 Å². The van der Waals surface area contributed by atoms with Crippen molar-refractivity contribution in [1.29, 1.82) is 0 Å². The largest absolute Gasteiger partial charge is 0.390 e. The molecule has 1 aromatic carbocycles. The van der Waals surface area contributed by atoms with Gasteiger partial charge in [0.25, 0.3) is 0 Å². The Morgan fingerprint density at radius 3 is 2.81 bits per heavy atom. The minimum absolute atomic E-state index is 0.0406. The number of pyridine rings is 1. The lowest BCUT2D eigenvalue weighted by molar-refractivity contribution is 0.0227. The van der Waals surface area contributed by atoms with Crippen LogP contribution in [0.4, 0.5) is 10.3 Å². The molecule has 1 unspecified atom stereocenters. The van der Waals surface area contributed by atoms with Gasteiger partial charge in [-0.25, -0.2) is 14.4 Å². The number of fused-ring (bicyclic) bond motifs is 1. The zero-order valence-electron chi connectivity index (χ0n) is 17.2. The van der Waals surface area contributed by atoms with Gasteiger partial charge in [-0.15, -0.1) is 0 Å². The molecule has 1 aliphatic heterocycles. The number of halogens is 1. The quantitative estimate of drug-likeness (QED) is 0.632. The van der Waals surface area contributed by atoms with Crippen LogP contribution in [-0.2, 0) is 11.3 Å². The molecule has 158 valence electrons. The van der Waals surface area contributed by atoms with E-state index in [-0.39, 0.29) is 23.8 Å². The van der Waals surface area contributed by atoms with Crippen LogP contribution in [0.3, 0.4) is 0 Å². The molecule has 2 aliphatic rings. The summed E-state index contributed by atoms with van der Waals surface area (Å²) in [6.07, 6.45) is 4.83. The van der Waals surface area contributed by atoms with E-state index in [4.69, 9.17) is 10.6 Å². The first-order valence-electron chi connectivity index (χ1n) is 10.3. The van der Waals surface area contributed by atoms with Gasteiger partial charge in [-0.3, -0.25) is 4.98 Å². The lowest BCUT2D eigenvalue weighted by Crippen LogP contribution is -2.47. The fourth-order valence-corrected chi connectivity index (χ4v) is 4.25. The number of aromatic nitrogens is 3. The van der Waals surface area contributed by atoms with Crippen molar-refractivity contribution in [3.8, 4) is 11.1 Å². The third-order valence-electron chi connectivity index (χ3n) is 5.83. The van der Waals surface area contributed by atoms with Crippen LogP contribution < -0.4 is 11.1 Å². The van der Waals surface area contributed by atoms with E-state index in [0.29, 0.717) is 12.8 Å². The summed E-state index contributed by atoms with van der Waals surface area (Å²) in [5.74, 6) is 0.00163. The summed E-state index contributed by atoms with van der Waals surface area (Å²) < 4.78 is 14.2. The Labute approximate surface area is 179 Å². The number of hydrogen-bond acceptors (Lipinski definition) is 7. The second-order valence-electron chi connectivity index (χ2n) is 7.99. The predicted octanol–water partition coefficient (Wildman–Crippen LogP) is 2.99. The highest BCUT2D eigenvalue weighted by atomic mass is 19.1. The zero-order valence-corrected chi connectivity index (χ0v) is 17.2. The molecule has 1 fully saturated rings. The van der Waals surface area contributed by atoms with Crippen LogP contribution in [0, 0.1) is 12.7 Å². The summed E-state index contributed by atoms with van der Waals surface area (Å²) in [5, 5.41) is 7.68. The van der Waals surface area contributed by atoms with E-state index in [1.54, 1.807) is 18.5 Å². The highest BCUT2D eigenvalue weighted by Crippen LogP contribution is 2.38. The van der Waals surface area contributed by atoms with Gasteiger partial charge in [0.2, 0.25) is 5.95 Å². The average Bonchev–Trinajstić information content (AvgIpc) is 2.72. The monoisotopic (exact) mass is 418 g/mol. The van der Waals surface area contributed by atoms with Crippen molar-refractivity contribution in [2.24, 2.45) is 5.16 Å². The third kappa shape index (κ3) is 3.86. The predicted molar refractivity (Wildman–Crippen MR) is 116 cm³/mol. The van der Waals surface area contributed by atoms with Crippen molar-refractivity contribution in [2.75, 3.05) is 18.8 Å². The van der Waals surface area contributed by atoms with Gasteiger partial charge in [-0.1, -0.05) is 17.3 Å². The smallest absolute Gasteiger partial charge is 0.220 e. The van der Waals surface area contributed by atoms with E-state index >= 15 is 0 Å². The first-order chi connectivity index (χ1) is 15.1. The first-order valence-corrected chi connectivity index (χ1v) is 10.3. The fraction of sp³-hybridized carbons (Fsp3) is 0.304. The minimum Gasteiger partial charge on any atom is -0.390 e. The van der Waals surface area contributed by atoms with Crippen molar-refractivity contribution in [1.82, 2.24) is 20.3 Å². The maximum atomic E-state index is 14.2. The van der Waals surface area contributed by atoms with Crippen LogP contribution >= 0.6 is 0 Å². The molecule has 1 atom stereocenters. The third-order valence-corrected chi connectivity index (χ3v) is 5.83. The minimum atomic E-state index is -0.282. The van der Waals surface area contributed by atoms with Crippen LogP contribution in [-0.4, -0.2) is 39.9 Å². The average molecular weight is 418 g/mol. The number of nitrogen functional groups attached to an aromatic ring is 1. The summed E-state index contributed by atoms with van der Waals surface area (Å²) in [6, 6.07) is 8.70. The van der Waals surface area contributed by atoms with Crippen molar-refractivity contribution in [3.63, 3.8) is 0 Å². The second-order valence-corrected chi connectivity index (χ2v) is 7.99. The van der Waals surface area contributed by atoms with Gasteiger partial charge in [0, 0.05) is 43.0 Å². The second kappa shape index (κ2) is 8.03. The van der Waals surface area contributed by atoms with Gasteiger partial charge < -0.3 is 15.9 Å². The normalized spacial score (nSPS) is 19.7. The highest BCUT2D eigenvalue weighted by Gasteiger charge is 2.31. The maximum absolute atomic E-state index is 14.2. The summed E-state index contributed by atoms with van der Waals surface area (Å²) in [4.78, 5) is 18.8. The van der Waals surface area contributed by atoms with E-state index < -0.39 is 0 Å². The Hall–Kier alpha value is -3.39. The SMILES string of the molecule is Cc1nc(N)nc2c1C(=NOC1CNC1)CC(c1ccc(F)cc1-c1cccnc1)C2. The number of aryl methyl sites for hydroxylation is 1. The molecule has 8 heteroatoms. The molecule has 1 saturated heterocycles. The molecule has 0 amide bonds. The number of nitrogens with two attached hydrogens (primary N) is 1. The van der Waals surface area contributed by atoms with Gasteiger partial charge in [-0.05, 0) is 48.6 Å². The van der Waals surface area contributed by atoms with E-state index in [2.05, 4.69) is 25.4 Å². The molecule has 3 aromatic rings. The Morgan fingerprint density at radius 2 is 2.06 bits per heavy atom. The van der Waals surface area contributed by atoms with Crippen LogP contribution in [0.5, 0.6) is 0 Å². The molecule has 0 radical (unpaired) electrons. The molecule has 2 aromatic heterocycles. The number of benzene rings is 1. The van der Waals surface area contributed by atoms with Crippen LogP contribution in [0.25, 0.3) is 11.1 Å². The zero-order chi connectivity index (χ0) is 21.4. The number of anilines is 1. The number of hydrogen-bond donors (Lipinski definition) is 2. The number of nitrogens with one attached hydrogen (secondary N) is 1. The van der Waals surface area contributed by atoms with Gasteiger partial charge in [0.05, 0.1) is 17.1 Å². The summed E-state index contributed by atoms with van der Waals surface area (Å²) in [6.45, 7) is 3.48. The lowest BCUT2D eigenvalue weighted by Gasteiger charge is -2.29. The van der Waals surface area contributed by atoms with Crippen LogP contribution in [0.2, 0.25) is 0 Å². The molecular formula is C23H23FN6O. The Bertz CT molecular complexity index is 1150. The van der Waals surface area contributed by atoms with E-state index in [9.17, 15) is 4.39 Å². The van der Waals surface area contributed by atoms with Gasteiger partial charge in [0.1, 0.15) is 5.82 Å². The van der Waals surface area contributed by atoms with Gasteiger partial charge in [0.15, 0.2) is 6.10 Å².